The summed E-state index contributed by atoms with van der Waals surface area (Å²) in [5.41, 5.74) is 0.282. The maximum atomic E-state index is 6.48. The van der Waals surface area contributed by atoms with Gasteiger partial charge in [0.25, 0.3) is 0 Å². The van der Waals surface area contributed by atoms with E-state index in [2.05, 4.69) is 17.1 Å². The van der Waals surface area contributed by atoms with Crippen molar-refractivity contribution >= 4 is 0 Å². The number of hydrogen-bond donors (Lipinski definition) is 1. The van der Waals surface area contributed by atoms with Gasteiger partial charge in [-0.1, -0.05) is 26.2 Å². The Balaban J connectivity index is 1.78. The predicted molar refractivity (Wildman–Crippen MR) is 80.6 cm³/mol. The van der Waals surface area contributed by atoms with Crippen molar-refractivity contribution in [1.29, 1.82) is 0 Å². The molecule has 0 aromatic rings. The first-order chi connectivity index (χ1) is 9.28. The molecule has 0 radical (unpaired) electrons. The predicted octanol–water partition coefficient (Wildman–Crippen LogP) is 2.80. The lowest BCUT2D eigenvalue weighted by Crippen LogP contribution is -2.39. The van der Waals surface area contributed by atoms with Crippen LogP contribution in [0.15, 0.2) is 0 Å². The zero-order valence-electron chi connectivity index (χ0n) is 12.9. The molecule has 2 rings (SSSR count). The van der Waals surface area contributed by atoms with Crippen LogP contribution in [-0.4, -0.2) is 49.8 Å². The second-order valence-corrected chi connectivity index (χ2v) is 6.43. The molecule has 1 unspecified atom stereocenters. The van der Waals surface area contributed by atoms with E-state index in [1.807, 2.05) is 7.05 Å². The number of rotatable bonds is 7. The molecule has 1 aliphatic heterocycles. The van der Waals surface area contributed by atoms with Gasteiger partial charge in [0.05, 0.1) is 11.7 Å². The number of hydrogen-bond acceptors (Lipinski definition) is 3. The zero-order valence-corrected chi connectivity index (χ0v) is 12.9. The molecular formula is C16H32N2O. The fraction of sp³-hybridized carbons (Fsp3) is 1.00. The summed E-state index contributed by atoms with van der Waals surface area (Å²) in [7, 11) is 2.03. The average Bonchev–Trinajstić information content (AvgIpc) is 2.80. The van der Waals surface area contributed by atoms with Crippen LogP contribution in [0.4, 0.5) is 0 Å². The van der Waals surface area contributed by atoms with Crippen LogP contribution >= 0.6 is 0 Å². The minimum absolute atomic E-state index is 0.282. The van der Waals surface area contributed by atoms with Crippen molar-refractivity contribution in [3.8, 4) is 0 Å². The molecule has 0 amide bonds. The van der Waals surface area contributed by atoms with E-state index in [-0.39, 0.29) is 5.60 Å². The van der Waals surface area contributed by atoms with E-state index in [1.165, 1.54) is 57.9 Å². The quantitative estimate of drug-likeness (QED) is 0.768. The van der Waals surface area contributed by atoms with E-state index in [0.29, 0.717) is 6.10 Å². The van der Waals surface area contributed by atoms with Crippen LogP contribution in [0.3, 0.4) is 0 Å². The second kappa shape index (κ2) is 7.61. The summed E-state index contributed by atoms with van der Waals surface area (Å²) in [5, 5.41) is 3.26. The summed E-state index contributed by atoms with van der Waals surface area (Å²) in [6, 6.07) is 0. The van der Waals surface area contributed by atoms with E-state index in [0.717, 1.165) is 19.6 Å². The van der Waals surface area contributed by atoms with Gasteiger partial charge < -0.3 is 10.1 Å². The summed E-state index contributed by atoms with van der Waals surface area (Å²) >= 11 is 0. The molecule has 1 N–H and O–H groups in total. The lowest BCUT2D eigenvalue weighted by molar-refractivity contribution is -0.0716. The molecule has 1 heterocycles. The molecule has 1 saturated carbocycles. The molecule has 2 fully saturated rings. The lowest BCUT2D eigenvalue weighted by atomic mass is 9.83. The minimum Gasteiger partial charge on any atom is -0.370 e. The van der Waals surface area contributed by atoms with Crippen molar-refractivity contribution in [2.24, 2.45) is 0 Å². The summed E-state index contributed by atoms with van der Waals surface area (Å²) < 4.78 is 6.48. The highest BCUT2D eigenvalue weighted by Crippen LogP contribution is 2.41. The third-order valence-corrected chi connectivity index (χ3v) is 4.78. The first kappa shape index (κ1) is 15.3. The van der Waals surface area contributed by atoms with Crippen LogP contribution in [0.2, 0.25) is 0 Å². The number of nitrogens with zero attached hydrogens (tertiary/aromatic N) is 1. The molecule has 0 bridgehead atoms. The van der Waals surface area contributed by atoms with Gasteiger partial charge >= 0.3 is 0 Å². The Morgan fingerprint density at radius 3 is 2.63 bits per heavy atom. The highest BCUT2D eigenvalue weighted by molar-refractivity contribution is 4.92. The molecule has 3 nitrogen and oxygen atoms in total. The highest BCUT2D eigenvalue weighted by atomic mass is 16.5. The van der Waals surface area contributed by atoms with Gasteiger partial charge in [-0.15, -0.1) is 0 Å². The van der Waals surface area contributed by atoms with Crippen molar-refractivity contribution in [1.82, 2.24) is 10.2 Å². The van der Waals surface area contributed by atoms with Crippen LogP contribution < -0.4 is 5.32 Å². The van der Waals surface area contributed by atoms with Crippen LogP contribution in [0.1, 0.15) is 58.3 Å². The van der Waals surface area contributed by atoms with Crippen molar-refractivity contribution in [3.63, 3.8) is 0 Å². The van der Waals surface area contributed by atoms with E-state index in [9.17, 15) is 0 Å². The van der Waals surface area contributed by atoms with Crippen LogP contribution in [0.25, 0.3) is 0 Å². The zero-order chi connectivity index (χ0) is 13.6. The summed E-state index contributed by atoms with van der Waals surface area (Å²) in [6.45, 7) is 6.84. The third-order valence-electron chi connectivity index (χ3n) is 4.78. The monoisotopic (exact) mass is 268 g/mol. The van der Waals surface area contributed by atoms with Crippen LogP contribution in [0.5, 0.6) is 0 Å². The summed E-state index contributed by atoms with van der Waals surface area (Å²) in [4.78, 5) is 2.57. The van der Waals surface area contributed by atoms with Gasteiger partial charge in [-0.25, -0.2) is 0 Å². The van der Waals surface area contributed by atoms with E-state index < -0.39 is 0 Å². The van der Waals surface area contributed by atoms with Gasteiger partial charge in [0.2, 0.25) is 0 Å². The van der Waals surface area contributed by atoms with Gasteiger partial charge in [0.15, 0.2) is 0 Å². The molecule has 0 aromatic carbocycles. The molecule has 19 heavy (non-hydrogen) atoms. The second-order valence-electron chi connectivity index (χ2n) is 6.43. The topological polar surface area (TPSA) is 24.5 Å². The molecule has 2 aliphatic rings. The molecular weight excluding hydrogens is 236 g/mol. The molecule has 1 spiro atoms. The average molecular weight is 268 g/mol. The van der Waals surface area contributed by atoms with Crippen molar-refractivity contribution in [2.75, 3.05) is 33.2 Å². The first-order valence-corrected chi connectivity index (χ1v) is 8.33. The number of ether oxygens (including phenoxy) is 1. The third kappa shape index (κ3) is 4.44. The van der Waals surface area contributed by atoms with Crippen molar-refractivity contribution < 1.29 is 4.74 Å². The maximum Gasteiger partial charge on any atom is 0.0710 e. The van der Waals surface area contributed by atoms with Gasteiger partial charge in [0, 0.05) is 19.6 Å². The van der Waals surface area contributed by atoms with Crippen molar-refractivity contribution in [2.45, 2.75) is 70.0 Å². The fourth-order valence-electron chi connectivity index (χ4n) is 3.76. The van der Waals surface area contributed by atoms with Gasteiger partial charge in [-0.2, -0.15) is 0 Å². The highest BCUT2D eigenvalue weighted by Gasteiger charge is 2.40. The Bertz CT molecular complexity index is 251. The van der Waals surface area contributed by atoms with E-state index in [1.54, 1.807) is 0 Å². The number of nitrogens with one attached hydrogen (secondary N) is 1. The van der Waals surface area contributed by atoms with Crippen LogP contribution in [-0.2, 0) is 4.74 Å². The normalized spacial score (nSPS) is 26.4. The minimum atomic E-state index is 0.282. The van der Waals surface area contributed by atoms with E-state index >= 15 is 0 Å². The van der Waals surface area contributed by atoms with Crippen molar-refractivity contribution in [3.05, 3.63) is 0 Å². The molecule has 1 saturated heterocycles. The largest absolute Gasteiger partial charge is 0.370 e. The maximum absolute atomic E-state index is 6.48. The standard InChI is InChI=1S/C16H32N2O/c1-3-12-18(13-11-17-2)14-15-7-10-16(19-15)8-5-4-6-9-16/h15,17H,3-14H2,1-2H3. The SMILES string of the molecule is CCCN(CCNC)CC1CCC2(CCCCC2)O1. The Morgan fingerprint density at radius 2 is 1.95 bits per heavy atom. The molecule has 3 heteroatoms. The van der Waals surface area contributed by atoms with E-state index in [4.69, 9.17) is 4.74 Å². The Kier molecular flexibility index (Phi) is 6.11. The molecule has 1 atom stereocenters. The molecule has 0 aromatic heterocycles. The van der Waals surface area contributed by atoms with Crippen LogP contribution in [0, 0.1) is 0 Å². The Labute approximate surface area is 119 Å². The lowest BCUT2D eigenvalue weighted by Gasteiger charge is -2.34. The molecule has 112 valence electrons. The van der Waals surface area contributed by atoms with Gasteiger partial charge in [0.1, 0.15) is 0 Å². The summed E-state index contributed by atoms with van der Waals surface area (Å²) in [5.74, 6) is 0. The smallest absolute Gasteiger partial charge is 0.0710 e. The van der Waals surface area contributed by atoms with Gasteiger partial charge in [-0.3, -0.25) is 4.90 Å². The Morgan fingerprint density at radius 1 is 1.16 bits per heavy atom. The summed E-state index contributed by atoms with van der Waals surface area (Å²) in [6.07, 6.45) is 11.1. The fourth-order valence-corrected chi connectivity index (χ4v) is 3.76. The number of likely N-dealkylation sites (N-methyl/N-ethyl adjacent to an activating group) is 1. The molecule has 1 aliphatic carbocycles. The van der Waals surface area contributed by atoms with Gasteiger partial charge in [-0.05, 0) is 45.7 Å². The first-order valence-electron chi connectivity index (χ1n) is 8.33. The Hall–Kier alpha value is -0.120.